The molecular weight excluding hydrogens is 306 g/mol. The second kappa shape index (κ2) is 10.7. The van der Waals surface area contributed by atoms with E-state index in [2.05, 4.69) is 15.1 Å². The predicted molar refractivity (Wildman–Crippen MR) is 93.7 cm³/mol. The molecule has 24 heavy (non-hydrogen) atoms. The van der Waals surface area contributed by atoms with Gasteiger partial charge in [-0.05, 0) is 45.2 Å². The fourth-order valence-electron chi connectivity index (χ4n) is 3.59. The largest absolute Gasteiger partial charge is 0.385 e. The van der Waals surface area contributed by atoms with Crippen molar-refractivity contribution in [3.8, 4) is 0 Å². The Labute approximate surface area is 145 Å². The van der Waals surface area contributed by atoms with Crippen LogP contribution in [-0.4, -0.2) is 74.6 Å². The fraction of sp³-hybridized carbons (Fsp3) is 0.889. The summed E-state index contributed by atoms with van der Waals surface area (Å²) in [6, 6.07) is 0. The lowest BCUT2D eigenvalue weighted by Gasteiger charge is -2.33. The molecular formula is C18H33N3O3. The number of piperidine rings is 1. The quantitative estimate of drug-likeness (QED) is 0.709. The minimum absolute atomic E-state index is 0.0726. The zero-order valence-corrected chi connectivity index (χ0v) is 15.1. The van der Waals surface area contributed by atoms with Gasteiger partial charge in [0.25, 0.3) is 0 Å². The molecule has 0 bridgehead atoms. The van der Waals surface area contributed by atoms with Gasteiger partial charge in [-0.3, -0.25) is 14.5 Å². The SMILES string of the molecule is COCCCNC(=O)CN1CCC(C(=O)N2CCCCCC2)CC1. The van der Waals surface area contributed by atoms with Gasteiger partial charge in [-0.25, -0.2) is 0 Å². The number of methoxy groups -OCH3 is 1. The minimum atomic E-state index is 0.0726. The molecule has 1 N–H and O–H groups in total. The number of nitrogens with zero attached hydrogens (tertiary/aromatic N) is 2. The molecule has 2 aliphatic heterocycles. The van der Waals surface area contributed by atoms with E-state index in [0.29, 0.717) is 25.6 Å². The number of likely N-dealkylation sites (tertiary alicyclic amines) is 2. The van der Waals surface area contributed by atoms with Crippen LogP contribution < -0.4 is 5.32 Å². The third-order valence-corrected chi connectivity index (χ3v) is 5.07. The van der Waals surface area contributed by atoms with Gasteiger partial charge in [0, 0.05) is 39.3 Å². The highest BCUT2D eigenvalue weighted by Gasteiger charge is 2.29. The lowest BCUT2D eigenvalue weighted by atomic mass is 9.95. The van der Waals surface area contributed by atoms with Crippen LogP contribution in [0.3, 0.4) is 0 Å². The smallest absolute Gasteiger partial charge is 0.234 e. The number of ether oxygens (including phenoxy) is 1. The van der Waals surface area contributed by atoms with E-state index >= 15 is 0 Å². The van der Waals surface area contributed by atoms with Crippen molar-refractivity contribution in [2.75, 3.05) is 53.0 Å². The van der Waals surface area contributed by atoms with Gasteiger partial charge in [0.05, 0.1) is 6.54 Å². The predicted octanol–water partition coefficient (Wildman–Crippen LogP) is 1.25. The highest BCUT2D eigenvalue weighted by atomic mass is 16.5. The Morgan fingerprint density at radius 3 is 2.33 bits per heavy atom. The maximum absolute atomic E-state index is 12.7. The maximum atomic E-state index is 12.7. The normalized spacial score (nSPS) is 20.6. The fourth-order valence-corrected chi connectivity index (χ4v) is 3.59. The monoisotopic (exact) mass is 339 g/mol. The van der Waals surface area contributed by atoms with Gasteiger partial charge in [0.2, 0.25) is 11.8 Å². The molecule has 0 radical (unpaired) electrons. The maximum Gasteiger partial charge on any atom is 0.234 e. The van der Waals surface area contributed by atoms with Crippen LogP contribution in [0.4, 0.5) is 0 Å². The van der Waals surface area contributed by atoms with Crippen LogP contribution in [0.5, 0.6) is 0 Å². The summed E-state index contributed by atoms with van der Waals surface area (Å²) in [4.78, 5) is 28.8. The molecule has 0 spiro atoms. The summed E-state index contributed by atoms with van der Waals surface area (Å²) in [5, 5.41) is 2.92. The molecule has 2 rings (SSSR count). The van der Waals surface area contributed by atoms with E-state index in [0.717, 1.165) is 58.3 Å². The van der Waals surface area contributed by atoms with Gasteiger partial charge in [-0.2, -0.15) is 0 Å². The van der Waals surface area contributed by atoms with Crippen LogP contribution >= 0.6 is 0 Å². The van der Waals surface area contributed by atoms with Crippen LogP contribution in [0.25, 0.3) is 0 Å². The summed E-state index contributed by atoms with van der Waals surface area (Å²) in [7, 11) is 1.67. The topological polar surface area (TPSA) is 61.9 Å². The van der Waals surface area contributed by atoms with Crippen molar-refractivity contribution in [2.45, 2.75) is 44.9 Å². The second-order valence-electron chi connectivity index (χ2n) is 6.99. The number of hydrogen-bond donors (Lipinski definition) is 1. The van der Waals surface area contributed by atoms with E-state index in [1.54, 1.807) is 7.11 Å². The zero-order chi connectivity index (χ0) is 17.2. The van der Waals surface area contributed by atoms with Crippen molar-refractivity contribution in [3.63, 3.8) is 0 Å². The van der Waals surface area contributed by atoms with Crippen LogP contribution in [0.2, 0.25) is 0 Å². The molecule has 6 heteroatoms. The molecule has 2 amide bonds. The van der Waals surface area contributed by atoms with E-state index < -0.39 is 0 Å². The number of rotatable bonds is 7. The van der Waals surface area contributed by atoms with Crippen molar-refractivity contribution in [2.24, 2.45) is 5.92 Å². The lowest BCUT2D eigenvalue weighted by Crippen LogP contribution is -2.45. The van der Waals surface area contributed by atoms with Gasteiger partial charge in [-0.1, -0.05) is 12.8 Å². The molecule has 138 valence electrons. The molecule has 2 heterocycles. The van der Waals surface area contributed by atoms with E-state index in [1.807, 2.05) is 0 Å². The molecule has 0 aromatic carbocycles. The molecule has 0 aromatic rings. The molecule has 0 unspecified atom stereocenters. The molecule has 6 nitrogen and oxygen atoms in total. The Hall–Kier alpha value is -1.14. The first-order valence-corrected chi connectivity index (χ1v) is 9.47. The zero-order valence-electron chi connectivity index (χ0n) is 15.1. The molecule has 0 aliphatic carbocycles. The minimum Gasteiger partial charge on any atom is -0.385 e. The summed E-state index contributed by atoms with van der Waals surface area (Å²) < 4.78 is 4.97. The van der Waals surface area contributed by atoms with Gasteiger partial charge in [-0.15, -0.1) is 0 Å². The molecule has 0 saturated carbocycles. The number of nitrogens with one attached hydrogen (secondary N) is 1. The van der Waals surface area contributed by atoms with Crippen molar-refractivity contribution >= 4 is 11.8 Å². The van der Waals surface area contributed by atoms with Crippen molar-refractivity contribution in [1.29, 1.82) is 0 Å². The number of hydrogen-bond acceptors (Lipinski definition) is 4. The van der Waals surface area contributed by atoms with E-state index in [4.69, 9.17) is 4.74 Å². The summed E-state index contributed by atoms with van der Waals surface area (Å²) in [5.41, 5.74) is 0. The Kier molecular flexibility index (Phi) is 8.53. The first-order valence-electron chi connectivity index (χ1n) is 9.47. The van der Waals surface area contributed by atoms with Gasteiger partial charge in [0.1, 0.15) is 0 Å². The third-order valence-electron chi connectivity index (χ3n) is 5.07. The summed E-state index contributed by atoms with van der Waals surface area (Å²) in [5.74, 6) is 0.577. The van der Waals surface area contributed by atoms with Crippen LogP contribution in [0, 0.1) is 5.92 Å². The second-order valence-corrected chi connectivity index (χ2v) is 6.99. The van der Waals surface area contributed by atoms with E-state index in [-0.39, 0.29) is 11.8 Å². The van der Waals surface area contributed by atoms with Gasteiger partial charge >= 0.3 is 0 Å². The average molecular weight is 339 g/mol. The number of amides is 2. The van der Waals surface area contributed by atoms with Gasteiger partial charge in [0.15, 0.2) is 0 Å². The average Bonchev–Trinajstić information content (AvgIpc) is 2.88. The third kappa shape index (κ3) is 6.40. The first-order chi connectivity index (χ1) is 11.7. The molecule has 2 aliphatic rings. The molecule has 2 fully saturated rings. The van der Waals surface area contributed by atoms with Crippen LogP contribution in [0.1, 0.15) is 44.9 Å². The van der Waals surface area contributed by atoms with Crippen LogP contribution in [0.15, 0.2) is 0 Å². The van der Waals surface area contributed by atoms with E-state index in [1.165, 1.54) is 12.8 Å². The Morgan fingerprint density at radius 1 is 1.04 bits per heavy atom. The Morgan fingerprint density at radius 2 is 1.71 bits per heavy atom. The number of carbonyl (C=O) groups excluding carboxylic acids is 2. The molecule has 0 atom stereocenters. The van der Waals surface area contributed by atoms with Gasteiger partial charge < -0.3 is 15.0 Å². The molecule has 0 aromatic heterocycles. The Balaban J connectivity index is 1.65. The lowest BCUT2D eigenvalue weighted by molar-refractivity contribution is -0.137. The molecule has 2 saturated heterocycles. The first kappa shape index (κ1) is 19.2. The van der Waals surface area contributed by atoms with Crippen molar-refractivity contribution < 1.29 is 14.3 Å². The Bertz CT molecular complexity index is 387. The summed E-state index contributed by atoms with van der Waals surface area (Å²) in [6.45, 7) is 5.33. The summed E-state index contributed by atoms with van der Waals surface area (Å²) in [6.07, 6.45) is 7.40. The summed E-state index contributed by atoms with van der Waals surface area (Å²) >= 11 is 0. The van der Waals surface area contributed by atoms with E-state index in [9.17, 15) is 9.59 Å². The number of carbonyl (C=O) groups is 2. The standard InChI is InChI=1S/C18H33N3O3/c1-24-14-6-9-19-17(22)15-20-12-7-16(8-13-20)18(23)21-10-4-2-3-5-11-21/h16H,2-15H2,1H3,(H,19,22). The highest BCUT2D eigenvalue weighted by Crippen LogP contribution is 2.21. The van der Waals surface area contributed by atoms with Crippen molar-refractivity contribution in [3.05, 3.63) is 0 Å². The van der Waals surface area contributed by atoms with Crippen molar-refractivity contribution in [1.82, 2.24) is 15.1 Å². The highest BCUT2D eigenvalue weighted by molar-refractivity contribution is 5.79. The van der Waals surface area contributed by atoms with Crippen LogP contribution in [-0.2, 0) is 14.3 Å².